The highest BCUT2D eigenvalue weighted by Crippen LogP contribution is 2.45. The van der Waals surface area contributed by atoms with Gasteiger partial charge in [-0.3, -0.25) is 9.89 Å². The van der Waals surface area contributed by atoms with E-state index in [1.54, 1.807) is 0 Å². The van der Waals surface area contributed by atoms with Crippen LogP contribution in [0.15, 0.2) is 4.47 Å². The van der Waals surface area contributed by atoms with Gasteiger partial charge in [-0.15, -0.1) is 0 Å². The first-order valence-corrected chi connectivity index (χ1v) is 8.06. The minimum atomic E-state index is -0.0208. The first-order valence-electron chi connectivity index (χ1n) is 7.27. The Morgan fingerprint density at radius 2 is 2.11 bits per heavy atom. The molecule has 1 aromatic rings. The number of rotatable bonds is 3. The summed E-state index contributed by atoms with van der Waals surface area (Å²) < 4.78 is 0.871. The van der Waals surface area contributed by atoms with Gasteiger partial charge in [-0.2, -0.15) is 5.10 Å². The van der Waals surface area contributed by atoms with Crippen molar-refractivity contribution in [2.75, 3.05) is 0 Å². The average molecular weight is 324 g/mol. The number of H-pyrrole nitrogens is 1. The normalized spacial score (nSPS) is 32.8. The molecule has 4 rings (SSSR count). The van der Waals surface area contributed by atoms with Crippen LogP contribution in [0.4, 0.5) is 0 Å². The standard InChI is InChI=1S/C14H18BrN3O/c15-11-12(8-3-4-8)17-18-13(11)14(19)16-10-6-7-1-2-9(10)5-7/h7-10H,1-6H2,(H,16,19)(H,17,18). The molecule has 102 valence electrons. The smallest absolute Gasteiger partial charge is 0.273 e. The van der Waals surface area contributed by atoms with Crippen LogP contribution >= 0.6 is 15.9 Å². The second-order valence-corrected chi connectivity index (χ2v) is 7.12. The van der Waals surface area contributed by atoms with E-state index < -0.39 is 0 Å². The van der Waals surface area contributed by atoms with Gasteiger partial charge in [0.25, 0.3) is 5.91 Å². The summed E-state index contributed by atoms with van der Waals surface area (Å²) in [5, 5.41) is 10.4. The second kappa shape index (κ2) is 4.33. The quantitative estimate of drug-likeness (QED) is 0.898. The van der Waals surface area contributed by atoms with Crippen LogP contribution in [0.2, 0.25) is 0 Å². The largest absolute Gasteiger partial charge is 0.348 e. The van der Waals surface area contributed by atoms with E-state index in [-0.39, 0.29) is 5.91 Å². The van der Waals surface area contributed by atoms with Crippen LogP contribution in [0.1, 0.15) is 60.6 Å². The van der Waals surface area contributed by atoms with Gasteiger partial charge in [-0.05, 0) is 59.9 Å². The Bertz CT molecular complexity index is 523. The zero-order valence-corrected chi connectivity index (χ0v) is 12.4. The summed E-state index contributed by atoms with van der Waals surface area (Å²) in [6.45, 7) is 0. The molecule has 1 amide bonds. The SMILES string of the molecule is O=C(NC1CC2CCC1C2)c1n[nH]c(C2CC2)c1Br. The molecule has 5 heteroatoms. The van der Waals surface area contributed by atoms with Crippen molar-refractivity contribution in [3.63, 3.8) is 0 Å². The van der Waals surface area contributed by atoms with Crippen molar-refractivity contribution in [2.45, 2.75) is 50.5 Å². The van der Waals surface area contributed by atoms with Crippen molar-refractivity contribution in [2.24, 2.45) is 11.8 Å². The molecule has 4 nitrogen and oxygen atoms in total. The molecule has 3 atom stereocenters. The number of hydrogen-bond acceptors (Lipinski definition) is 2. The lowest BCUT2D eigenvalue weighted by Gasteiger charge is -2.22. The van der Waals surface area contributed by atoms with E-state index in [0.29, 0.717) is 23.6 Å². The van der Waals surface area contributed by atoms with Crippen LogP contribution in [0.3, 0.4) is 0 Å². The number of amides is 1. The fraction of sp³-hybridized carbons (Fsp3) is 0.714. The molecule has 1 aromatic heterocycles. The van der Waals surface area contributed by atoms with Gasteiger partial charge in [-0.25, -0.2) is 0 Å². The van der Waals surface area contributed by atoms with E-state index >= 15 is 0 Å². The lowest BCUT2D eigenvalue weighted by Crippen LogP contribution is -2.38. The van der Waals surface area contributed by atoms with Gasteiger partial charge in [0.05, 0.1) is 10.2 Å². The van der Waals surface area contributed by atoms with E-state index in [4.69, 9.17) is 0 Å². The molecule has 2 bridgehead atoms. The number of nitrogens with one attached hydrogen (secondary N) is 2. The molecule has 3 aliphatic rings. The highest BCUT2D eigenvalue weighted by Gasteiger charge is 2.40. The molecule has 2 N–H and O–H groups in total. The van der Waals surface area contributed by atoms with Crippen molar-refractivity contribution < 1.29 is 4.79 Å². The molecule has 0 aromatic carbocycles. The van der Waals surface area contributed by atoms with E-state index in [0.717, 1.165) is 22.5 Å². The number of aromatic nitrogens is 2. The Labute approximate surface area is 120 Å². The third-order valence-corrected chi connectivity index (χ3v) is 5.79. The monoisotopic (exact) mass is 323 g/mol. The van der Waals surface area contributed by atoms with E-state index in [9.17, 15) is 4.79 Å². The van der Waals surface area contributed by atoms with Gasteiger partial charge >= 0.3 is 0 Å². The lowest BCUT2D eigenvalue weighted by atomic mass is 9.95. The number of carbonyl (C=O) groups excluding carboxylic acids is 1. The van der Waals surface area contributed by atoms with Gasteiger partial charge < -0.3 is 5.32 Å². The van der Waals surface area contributed by atoms with Gasteiger partial charge in [0, 0.05) is 12.0 Å². The van der Waals surface area contributed by atoms with E-state index in [1.165, 1.54) is 32.1 Å². The van der Waals surface area contributed by atoms with Gasteiger partial charge in [0.15, 0.2) is 5.69 Å². The van der Waals surface area contributed by atoms with E-state index in [1.807, 2.05) is 0 Å². The maximum absolute atomic E-state index is 12.3. The predicted octanol–water partition coefficient (Wildman–Crippen LogP) is 2.97. The van der Waals surface area contributed by atoms with E-state index in [2.05, 4.69) is 31.4 Å². The van der Waals surface area contributed by atoms with Crippen molar-refractivity contribution in [1.82, 2.24) is 15.5 Å². The summed E-state index contributed by atoms with van der Waals surface area (Å²) >= 11 is 3.53. The Balaban J connectivity index is 1.48. The third-order valence-electron chi connectivity index (χ3n) is 4.99. The number of fused-ring (bicyclic) bond motifs is 2. The molecule has 0 spiro atoms. The maximum Gasteiger partial charge on any atom is 0.273 e. The van der Waals surface area contributed by atoms with Crippen molar-refractivity contribution in [1.29, 1.82) is 0 Å². The summed E-state index contributed by atoms with van der Waals surface area (Å²) in [4.78, 5) is 12.3. The van der Waals surface area contributed by atoms with Crippen LogP contribution in [-0.2, 0) is 0 Å². The molecule has 3 saturated carbocycles. The molecule has 0 radical (unpaired) electrons. The first-order chi connectivity index (χ1) is 9.22. The topological polar surface area (TPSA) is 57.8 Å². The first kappa shape index (κ1) is 11.9. The molecule has 0 saturated heterocycles. The van der Waals surface area contributed by atoms with Crippen molar-refractivity contribution >= 4 is 21.8 Å². The third kappa shape index (κ3) is 2.02. The van der Waals surface area contributed by atoms with Crippen LogP contribution in [0.5, 0.6) is 0 Å². The number of halogens is 1. The molecule has 19 heavy (non-hydrogen) atoms. The number of nitrogens with zero attached hydrogens (tertiary/aromatic N) is 1. The van der Waals surface area contributed by atoms with Gasteiger partial charge in [-0.1, -0.05) is 6.42 Å². The molecule has 1 heterocycles. The summed E-state index contributed by atoms with van der Waals surface area (Å²) in [5.41, 5.74) is 1.63. The maximum atomic E-state index is 12.3. The zero-order valence-electron chi connectivity index (χ0n) is 10.8. The summed E-state index contributed by atoms with van der Waals surface area (Å²) in [6, 6.07) is 0.374. The summed E-state index contributed by atoms with van der Waals surface area (Å²) in [7, 11) is 0. The average Bonchev–Trinajstić information content (AvgIpc) is 2.84. The summed E-state index contributed by atoms with van der Waals surface area (Å²) in [6.07, 6.45) is 7.51. The number of aromatic amines is 1. The van der Waals surface area contributed by atoms with Crippen LogP contribution in [0, 0.1) is 11.8 Å². The Morgan fingerprint density at radius 3 is 2.74 bits per heavy atom. The van der Waals surface area contributed by atoms with Crippen LogP contribution in [0.25, 0.3) is 0 Å². The fourth-order valence-corrected chi connectivity index (χ4v) is 4.47. The zero-order chi connectivity index (χ0) is 13.0. The highest BCUT2D eigenvalue weighted by atomic mass is 79.9. The second-order valence-electron chi connectivity index (χ2n) is 6.33. The minimum Gasteiger partial charge on any atom is -0.348 e. The molecule has 0 aliphatic heterocycles. The fourth-order valence-electron chi connectivity index (χ4n) is 3.79. The van der Waals surface area contributed by atoms with Crippen LogP contribution in [-0.4, -0.2) is 22.1 Å². The van der Waals surface area contributed by atoms with Gasteiger partial charge in [0.1, 0.15) is 0 Å². The van der Waals surface area contributed by atoms with Crippen LogP contribution < -0.4 is 5.32 Å². The molecular weight excluding hydrogens is 306 g/mol. The molecule has 3 aliphatic carbocycles. The predicted molar refractivity (Wildman–Crippen MR) is 75.0 cm³/mol. The minimum absolute atomic E-state index is 0.0208. The Hall–Kier alpha value is -0.840. The highest BCUT2D eigenvalue weighted by molar-refractivity contribution is 9.10. The van der Waals surface area contributed by atoms with Crippen molar-refractivity contribution in [3.05, 3.63) is 15.9 Å². The lowest BCUT2D eigenvalue weighted by molar-refractivity contribution is 0.0917. The number of hydrogen-bond donors (Lipinski definition) is 2. The molecule has 3 fully saturated rings. The Kier molecular flexibility index (Phi) is 2.72. The Morgan fingerprint density at radius 1 is 1.26 bits per heavy atom. The number of carbonyl (C=O) groups is 1. The molecular formula is C14H18BrN3O. The molecule has 3 unspecified atom stereocenters. The summed E-state index contributed by atoms with van der Waals surface area (Å²) in [5.74, 6) is 2.10. The van der Waals surface area contributed by atoms with Gasteiger partial charge in [0.2, 0.25) is 0 Å². The van der Waals surface area contributed by atoms with Crippen molar-refractivity contribution in [3.8, 4) is 0 Å².